The largest absolute Gasteiger partial charge is 0.460 e. The van der Waals surface area contributed by atoms with Crippen LogP contribution in [-0.2, 0) is 18.5 Å². The molecule has 0 aliphatic carbocycles. The third-order valence-electron chi connectivity index (χ3n) is 5.34. The van der Waals surface area contributed by atoms with Gasteiger partial charge >= 0.3 is 33.4 Å². The van der Waals surface area contributed by atoms with Gasteiger partial charge in [-0.3, -0.25) is 0 Å². The Labute approximate surface area is 189 Å². The summed E-state index contributed by atoms with van der Waals surface area (Å²) in [5.41, 5.74) is -1.25. The van der Waals surface area contributed by atoms with Gasteiger partial charge in [0.1, 0.15) is 5.44 Å². The molecule has 3 rings (SSSR count). The van der Waals surface area contributed by atoms with Gasteiger partial charge in [-0.1, -0.05) is 46.7 Å². The summed E-state index contributed by atoms with van der Waals surface area (Å²) in [6.07, 6.45) is -7.02. The highest BCUT2D eigenvalue weighted by molar-refractivity contribution is 8.33. The van der Waals surface area contributed by atoms with Crippen LogP contribution < -0.4 is 0 Å². The van der Waals surface area contributed by atoms with Crippen molar-refractivity contribution in [1.82, 2.24) is 0 Å². The number of ether oxygens (including phenoxy) is 1. The molecule has 1 aliphatic heterocycles. The van der Waals surface area contributed by atoms with E-state index in [0.29, 0.717) is 5.39 Å². The van der Waals surface area contributed by atoms with Gasteiger partial charge in [0.05, 0.1) is 0 Å². The first kappa shape index (κ1) is 26.9. The van der Waals surface area contributed by atoms with Crippen LogP contribution in [0.25, 0.3) is 10.8 Å². The monoisotopic (exact) mass is 544 g/mol. The Morgan fingerprint density at radius 2 is 1.47 bits per heavy atom. The lowest BCUT2D eigenvalue weighted by Gasteiger charge is -2.41. The summed E-state index contributed by atoms with van der Waals surface area (Å²) in [5.74, 6) is -15.1. The summed E-state index contributed by atoms with van der Waals surface area (Å²) >= 11 is 0. The molecule has 0 amide bonds. The summed E-state index contributed by atoms with van der Waals surface area (Å²) in [7, 11) is -9.59. The number of alkyl halides is 9. The molecule has 2 unspecified atom stereocenters. The first-order valence-corrected chi connectivity index (χ1v) is 12.6. The maximum Gasteiger partial charge on any atom is 0.460 e. The van der Waals surface area contributed by atoms with Gasteiger partial charge in [-0.15, -0.1) is 0 Å². The molecule has 1 fully saturated rings. The van der Waals surface area contributed by atoms with Crippen molar-refractivity contribution >= 4 is 31.2 Å². The summed E-state index contributed by atoms with van der Waals surface area (Å²) in [5, 5.41) is -6.17. The van der Waals surface area contributed by atoms with Gasteiger partial charge in [0.25, 0.3) is 0 Å². The van der Waals surface area contributed by atoms with Crippen LogP contribution in [0.1, 0.15) is 12.8 Å². The van der Waals surface area contributed by atoms with Gasteiger partial charge in [0, 0.05) is 17.8 Å². The summed E-state index contributed by atoms with van der Waals surface area (Å²) in [4.78, 5) is -0.0137. The Bertz CT molecular complexity index is 1160. The van der Waals surface area contributed by atoms with E-state index in [9.17, 15) is 47.9 Å². The highest BCUT2D eigenvalue weighted by atomic mass is 32.3. The lowest BCUT2D eigenvalue weighted by molar-refractivity contribution is -0.382. The van der Waals surface area contributed by atoms with Crippen molar-refractivity contribution in [2.75, 3.05) is 12.9 Å². The fourth-order valence-electron chi connectivity index (χ4n) is 3.64. The fraction of sp³-hybridized carbons (Fsp3) is 0.474. The number of methoxy groups -OCH3 is 1. The molecule has 0 saturated carbocycles. The van der Waals surface area contributed by atoms with Crippen molar-refractivity contribution in [3.05, 3.63) is 42.5 Å². The molecule has 0 aromatic heterocycles. The average molecular weight is 544 g/mol. The van der Waals surface area contributed by atoms with Gasteiger partial charge in [-0.05, 0) is 29.7 Å². The number of benzene rings is 2. The quantitative estimate of drug-likeness (QED) is 0.376. The van der Waals surface area contributed by atoms with E-state index in [1.165, 1.54) is 24.3 Å². The van der Waals surface area contributed by atoms with E-state index < -0.39 is 49.1 Å². The molecule has 34 heavy (non-hydrogen) atoms. The van der Waals surface area contributed by atoms with Crippen LogP contribution in [0.2, 0.25) is 0 Å². The molecular weight excluding hydrogens is 527 g/mol. The van der Waals surface area contributed by atoms with E-state index in [2.05, 4.69) is 3.63 Å². The third-order valence-corrected chi connectivity index (χ3v) is 11.2. The molecule has 0 spiro atoms. The Balaban J connectivity index is 2.19. The molecule has 0 radical (unpaired) electrons. The molecular formula is C19H17F9O4S2. The van der Waals surface area contributed by atoms with Crippen molar-refractivity contribution in [2.45, 2.75) is 46.4 Å². The van der Waals surface area contributed by atoms with E-state index in [-0.39, 0.29) is 28.9 Å². The number of hydrogen-bond donors (Lipinski definition) is 0. The Hall–Kier alpha value is -1.71. The first-order valence-electron chi connectivity index (χ1n) is 9.42. The minimum Gasteiger partial charge on any atom is -0.370 e. The van der Waals surface area contributed by atoms with Crippen molar-refractivity contribution in [1.29, 1.82) is 0 Å². The van der Waals surface area contributed by atoms with Gasteiger partial charge in [-0.2, -0.15) is 47.9 Å². The zero-order valence-electron chi connectivity index (χ0n) is 17.1. The topological polar surface area (TPSA) is 52.6 Å². The van der Waals surface area contributed by atoms with Crippen LogP contribution in [0.5, 0.6) is 0 Å². The Morgan fingerprint density at radius 3 is 2.06 bits per heavy atom. The van der Waals surface area contributed by atoms with Crippen molar-refractivity contribution in [2.24, 2.45) is 0 Å². The summed E-state index contributed by atoms with van der Waals surface area (Å²) in [6, 6.07) is 10.4. The smallest absolute Gasteiger partial charge is 0.370 e. The van der Waals surface area contributed by atoms with Crippen LogP contribution in [0.15, 0.2) is 47.4 Å². The fourth-order valence-corrected chi connectivity index (χ4v) is 9.71. The van der Waals surface area contributed by atoms with Crippen LogP contribution in [0.3, 0.4) is 0 Å². The molecule has 15 heteroatoms. The lowest BCUT2D eigenvalue weighted by atomic mass is 10.1. The normalized spacial score (nSPS) is 24.8. The molecule has 1 heterocycles. The molecule has 2 atom stereocenters. The first-order chi connectivity index (χ1) is 15.5. The van der Waals surface area contributed by atoms with Gasteiger partial charge < -0.3 is 4.74 Å². The van der Waals surface area contributed by atoms with Gasteiger partial charge in [0.15, 0.2) is 0 Å². The molecule has 2 aromatic rings. The van der Waals surface area contributed by atoms with E-state index in [4.69, 9.17) is 4.74 Å². The third kappa shape index (κ3) is 3.84. The maximum atomic E-state index is 14.4. The van der Waals surface area contributed by atoms with E-state index in [1.54, 1.807) is 18.2 Å². The number of rotatable bonds is 7. The van der Waals surface area contributed by atoms with E-state index in [0.717, 1.165) is 7.11 Å². The SMILES string of the molecule is COC1CCCS1(OS(=O)(=O)C(F)(F)C(F)(F)C(F)(F)C(F)(F)F)c1cccc2ccccc12. The zero-order valence-corrected chi connectivity index (χ0v) is 18.7. The second kappa shape index (κ2) is 8.45. The predicted molar refractivity (Wildman–Crippen MR) is 106 cm³/mol. The van der Waals surface area contributed by atoms with Crippen molar-refractivity contribution < 1.29 is 56.3 Å². The molecule has 2 aromatic carbocycles. The molecule has 192 valence electrons. The van der Waals surface area contributed by atoms with Crippen LogP contribution >= 0.6 is 10.3 Å². The highest BCUT2D eigenvalue weighted by Crippen LogP contribution is 2.70. The zero-order chi connectivity index (χ0) is 25.8. The Kier molecular flexibility index (Phi) is 6.68. The van der Waals surface area contributed by atoms with Crippen molar-refractivity contribution in [3.8, 4) is 0 Å². The standard InChI is InChI=1S/C19H17F9O4S2/c1-31-15-10-5-11-33(15,14-9-4-7-12-6-2-3-8-13(12)14)32-34(29,30)19(27,28)17(22,23)16(20,21)18(24,25)26/h2-4,6-9,15H,5,10-11H2,1H3. The van der Waals surface area contributed by atoms with Gasteiger partial charge in [0.2, 0.25) is 0 Å². The lowest BCUT2D eigenvalue weighted by Crippen LogP contribution is -2.63. The predicted octanol–water partition coefficient (Wildman–Crippen LogP) is 6.46. The summed E-state index contributed by atoms with van der Waals surface area (Å²) < 4.78 is 155. The van der Waals surface area contributed by atoms with Gasteiger partial charge in [-0.25, -0.2) is 3.63 Å². The number of halogens is 9. The molecule has 0 N–H and O–H groups in total. The highest BCUT2D eigenvalue weighted by Gasteiger charge is 2.86. The molecule has 1 aliphatic rings. The molecule has 4 nitrogen and oxygen atoms in total. The molecule has 1 saturated heterocycles. The van der Waals surface area contributed by atoms with E-state index >= 15 is 0 Å². The molecule has 0 bridgehead atoms. The maximum absolute atomic E-state index is 14.4. The van der Waals surface area contributed by atoms with E-state index in [1.807, 2.05) is 0 Å². The van der Waals surface area contributed by atoms with Crippen molar-refractivity contribution in [3.63, 3.8) is 0 Å². The van der Waals surface area contributed by atoms with Crippen LogP contribution in [-0.4, -0.2) is 50.0 Å². The Morgan fingerprint density at radius 1 is 0.882 bits per heavy atom. The second-order valence-corrected chi connectivity index (χ2v) is 12.2. The second-order valence-electron chi connectivity index (χ2n) is 7.40. The number of fused-ring (bicyclic) bond motifs is 1. The number of hydrogen-bond acceptors (Lipinski definition) is 4. The van der Waals surface area contributed by atoms with Crippen LogP contribution in [0, 0.1) is 0 Å². The minimum atomic E-state index is -7.38. The minimum absolute atomic E-state index is 0.0137. The average Bonchev–Trinajstić information content (AvgIpc) is 3.14. The van der Waals surface area contributed by atoms with Crippen LogP contribution in [0.4, 0.5) is 39.5 Å². The summed E-state index contributed by atoms with van der Waals surface area (Å²) in [6.45, 7) is 0.